The zero-order valence-corrected chi connectivity index (χ0v) is 15.5. The minimum atomic E-state index is 0.703. The van der Waals surface area contributed by atoms with Crippen LogP contribution in [0, 0.1) is 18.8 Å². The van der Waals surface area contributed by atoms with Crippen molar-refractivity contribution < 1.29 is 0 Å². The van der Waals surface area contributed by atoms with Gasteiger partial charge < -0.3 is 5.73 Å². The Morgan fingerprint density at radius 3 is 2.05 bits per heavy atom. The van der Waals surface area contributed by atoms with E-state index in [0.29, 0.717) is 5.84 Å². The Morgan fingerprint density at radius 2 is 1.59 bits per heavy atom. The summed E-state index contributed by atoms with van der Waals surface area (Å²) >= 11 is 0. The standard InChI is InChI=1S/C11H16.C9H20N2/c1-9(2)8-11-6-4-10(3)5-7-11;1-8(2)6-4-5-7-11-9(3)10/h4-7,9H,8H2,1-3H3;8H,4-7H2,1-3H3,(H2,10,11). The average Bonchev–Trinajstić information content (AvgIpc) is 2.40. The fraction of sp³-hybridized carbons (Fsp3) is 0.650. The van der Waals surface area contributed by atoms with Gasteiger partial charge in [0.15, 0.2) is 0 Å². The lowest BCUT2D eigenvalue weighted by atomic mass is 10.0. The first-order valence-corrected chi connectivity index (χ1v) is 8.63. The highest BCUT2D eigenvalue weighted by Gasteiger charge is 1.95. The minimum Gasteiger partial charge on any atom is -0.388 e. The number of amidine groups is 1. The van der Waals surface area contributed by atoms with E-state index in [2.05, 4.69) is 63.9 Å². The maximum absolute atomic E-state index is 5.38. The van der Waals surface area contributed by atoms with Crippen molar-refractivity contribution >= 4 is 5.84 Å². The van der Waals surface area contributed by atoms with Gasteiger partial charge in [0.05, 0.1) is 5.84 Å². The van der Waals surface area contributed by atoms with Crippen LogP contribution < -0.4 is 5.73 Å². The first-order valence-electron chi connectivity index (χ1n) is 8.63. The second-order valence-corrected chi connectivity index (χ2v) is 7.00. The van der Waals surface area contributed by atoms with Crippen LogP contribution >= 0.6 is 0 Å². The number of hydrogen-bond acceptors (Lipinski definition) is 1. The molecular weight excluding hydrogens is 268 g/mol. The van der Waals surface area contributed by atoms with E-state index in [1.165, 1.54) is 36.8 Å². The van der Waals surface area contributed by atoms with Gasteiger partial charge in [-0.3, -0.25) is 4.99 Å². The molecule has 0 saturated heterocycles. The van der Waals surface area contributed by atoms with Crippen LogP contribution in [-0.4, -0.2) is 12.4 Å². The van der Waals surface area contributed by atoms with Crippen LogP contribution in [0.4, 0.5) is 0 Å². The number of rotatable bonds is 7. The van der Waals surface area contributed by atoms with Gasteiger partial charge in [-0.1, -0.05) is 70.4 Å². The van der Waals surface area contributed by atoms with Gasteiger partial charge in [-0.15, -0.1) is 0 Å². The Morgan fingerprint density at radius 1 is 1.00 bits per heavy atom. The van der Waals surface area contributed by atoms with Crippen LogP contribution in [-0.2, 0) is 6.42 Å². The van der Waals surface area contributed by atoms with Gasteiger partial charge in [-0.05, 0) is 44.1 Å². The highest BCUT2D eigenvalue weighted by Crippen LogP contribution is 2.08. The lowest BCUT2D eigenvalue weighted by molar-refractivity contribution is 0.541. The van der Waals surface area contributed by atoms with Crippen LogP contribution in [0.2, 0.25) is 0 Å². The highest BCUT2D eigenvalue weighted by atomic mass is 14.8. The number of aliphatic imine (C=N–C) groups is 1. The van der Waals surface area contributed by atoms with E-state index in [1.54, 1.807) is 0 Å². The molecule has 0 aromatic heterocycles. The smallest absolute Gasteiger partial charge is 0.0905 e. The summed E-state index contributed by atoms with van der Waals surface area (Å²) in [4.78, 5) is 4.12. The Hall–Kier alpha value is -1.31. The zero-order valence-electron chi connectivity index (χ0n) is 15.5. The lowest BCUT2D eigenvalue weighted by Crippen LogP contribution is -2.05. The molecule has 126 valence electrons. The van der Waals surface area contributed by atoms with Gasteiger partial charge in [0.25, 0.3) is 0 Å². The molecule has 1 aromatic rings. The van der Waals surface area contributed by atoms with Gasteiger partial charge in [0, 0.05) is 6.54 Å². The zero-order chi connectivity index (χ0) is 17.0. The fourth-order valence-corrected chi connectivity index (χ4v) is 2.12. The van der Waals surface area contributed by atoms with Crippen molar-refractivity contribution in [2.45, 2.75) is 67.2 Å². The molecule has 2 N–H and O–H groups in total. The Labute approximate surface area is 138 Å². The van der Waals surface area contributed by atoms with Gasteiger partial charge >= 0.3 is 0 Å². The van der Waals surface area contributed by atoms with Gasteiger partial charge in [-0.2, -0.15) is 0 Å². The van der Waals surface area contributed by atoms with Crippen LogP contribution in [0.25, 0.3) is 0 Å². The van der Waals surface area contributed by atoms with E-state index in [0.717, 1.165) is 18.4 Å². The average molecular weight is 305 g/mol. The fourth-order valence-electron chi connectivity index (χ4n) is 2.12. The van der Waals surface area contributed by atoms with E-state index in [9.17, 15) is 0 Å². The van der Waals surface area contributed by atoms with Gasteiger partial charge in [0.1, 0.15) is 0 Å². The molecule has 0 aliphatic rings. The van der Waals surface area contributed by atoms with Crippen LogP contribution in [0.15, 0.2) is 29.3 Å². The number of hydrogen-bond donors (Lipinski definition) is 1. The molecule has 0 fully saturated rings. The summed E-state index contributed by atoms with van der Waals surface area (Å²) < 4.78 is 0. The van der Waals surface area contributed by atoms with Crippen LogP contribution in [0.5, 0.6) is 0 Å². The third-order valence-electron chi connectivity index (χ3n) is 3.32. The third-order valence-corrected chi connectivity index (χ3v) is 3.32. The molecule has 0 radical (unpaired) electrons. The summed E-state index contributed by atoms with van der Waals surface area (Å²) in [6.45, 7) is 13.9. The van der Waals surface area contributed by atoms with E-state index >= 15 is 0 Å². The molecule has 0 aliphatic carbocycles. The Bertz CT molecular complexity index is 398. The number of nitrogens with two attached hydrogens (primary N) is 1. The number of nitrogens with zero attached hydrogens (tertiary/aromatic N) is 1. The van der Waals surface area contributed by atoms with Crippen molar-refractivity contribution in [3.8, 4) is 0 Å². The Balaban J connectivity index is 0.000000401. The van der Waals surface area contributed by atoms with Crippen molar-refractivity contribution in [3.63, 3.8) is 0 Å². The number of benzene rings is 1. The molecule has 0 spiro atoms. The molecular formula is C20H36N2. The van der Waals surface area contributed by atoms with E-state index in [1.807, 2.05) is 6.92 Å². The van der Waals surface area contributed by atoms with E-state index < -0.39 is 0 Å². The van der Waals surface area contributed by atoms with Crippen molar-refractivity contribution in [1.82, 2.24) is 0 Å². The summed E-state index contributed by atoms with van der Waals surface area (Å²) in [5.74, 6) is 2.28. The first kappa shape index (κ1) is 20.7. The third kappa shape index (κ3) is 13.7. The number of aryl methyl sites for hydroxylation is 1. The molecule has 0 heterocycles. The summed E-state index contributed by atoms with van der Waals surface area (Å²) in [5, 5.41) is 0. The quantitative estimate of drug-likeness (QED) is 0.410. The van der Waals surface area contributed by atoms with Crippen LogP contribution in [0.3, 0.4) is 0 Å². The van der Waals surface area contributed by atoms with Crippen molar-refractivity contribution in [3.05, 3.63) is 35.4 Å². The van der Waals surface area contributed by atoms with Gasteiger partial charge in [0.2, 0.25) is 0 Å². The molecule has 0 amide bonds. The summed E-state index contributed by atoms with van der Waals surface area (Å²) in [7, 11) is 0. The maximum Gasteiger partial charge on any atom is 0.0905 e. The Kier molecular flexibility index (Phi) is 11.5. The topological polar surface area (TPSA) is 38.4 Å². The largest absolute Gasteiger partial charge is 0.388 e. The maximum atomic E-state index is 5.38. The molecule has 0 atom stereocenters. The molecule has 0 saturated carbocycles. The molecule has 2 heteroatoms. The molecule has 2 nitrogen and oxygen atoms in total. The molecule has 0 bridgehead atoms. The first-order chi connectivity index (χ1) is 10.3. The molecule has 0 aliphatic heterocycles. The molecule has 1 rings (SSSR count). The van der Waals surface area contributed by atoms with Crippen molar-refractivity contribution in [1.29, 1.82) is 0 Å². The molecule has 22 heavy (non-hydrogen) atoms. The summed E-state index contributed by atoms with van der Waals surface area (Å²) in [6.07, 6.45) is 4.95. The monoisotopic (exact) mass is 304 g/mol. The second-order valence-electron chi connectivity index (χ2n) is 7.00. The van der Waals surface area contributed by atoms with Gasteiger partial charge in [-0.25, -0.2) is 0 Å². The molecule has 1 aromatic carbocycles. The van der Waals surface area contributed by atoms with Crippen LogP contribution in [0.1, 0.15) is 65.0 Å². The number of unbranched alkanes of at least 4 members (excludes halogenated alkanes) is 1. The van der Waals surface area contributed by atoms with Crippen molar-refractivity contribution in [2.24, 2.45) is 22.6 Å². The SMILES string of the molecule is CC(N)=NCCCCC(C)C.Cc1ccc(CC(C)C)cc1. The molecule has 0 unspecified atom stereocenters. The predicted octanol–water partition coefficient (Wildman–Crippen LogP) is 5.38. The lowest BCUT2D eigenvalue weighted by Gasteiger charge is -2.04. The summed E-state index contributed by atoms with van der Waals surface area (Å²) in [6, 6.07) is 8.79. The minimum absolute atomic E-state index is 0.703. The normalized spacial score (nSPS) is 11.5. The highest BCUT2D eigenvalue weighted by molar-refractivity contribution is 5.77. The van der Waals surface area contributed by atoms with Crippen molar-refractivity contribution in [2.75, 3.05) is 6.54 Å². The second kappa shape index (κ2) is 12.3. The predicted molar refractivity (Wildman–Crippen MR) is 101 cm³/mol. The summed E-state index contributed by atoms with van der Waals surface area (Å²) in [5.41, 5.74) is 8.18. The van der Waals surface area contributed by atoms with E-state index in [4.69, 9.17) is 5.73 Å². The van der Waals surface area contributed by atoms with E-state index in [-0.39, 0.29) is 0 Å².